The van der Waals surface area contributed by atoms with E-state index in [9.17, 15) is 0 Å². The van der Waals surface area contributed by atoms with Crippen molar-refractivity contribution in [2.45, 2.75) is 129 Å². The topological polar surface area (TPSA) is 0 Å². The standard InChI is InChI=1S/C28H49.Rb/c1-22-7-9-24(10-8-22)20-26-15-17-28(18-16-26)21-27-13-11-25(12-14-27)19-23-5-3-2-4-6-23;/h2,22-28H,3-21H2,1H3;/q-1;+1. The van der Waals surface area contributed by atoms with E-state index >= 15 is 0 Å². The molecule has 0 radical (unpaired) electrons. The van der Waals surface area contributed by atoms with Crippen LogP contribution in [0.2, 0.25) is 0 Å². The van der Waals surface area contributed by atoms with Crippen LogP contribution in [0, 0.1) is 47.8 Å². The second kappa shape index (κ2) is 13.5. The van der Waals surface area contributed by atoms with Crippen LogP contribution in [0.3, 0.4) is 0 Å². The summed E-state index contributed by atoms with van der Waals surface area (Å²) in [4.78, 5) is 0. The fourth-order valence-corrected chi connectivity index (χ4v) is 7.62. The van der Waals surface area contributed by atoms with E-state index in [1.165, 1.54) is 38.5 Å². The molecule has 0 saturated heterocycles. The first-order valence-electron chi connectivity index (χ1n) is 13.6. The molecule has 29 heavy (non-hydrogen) atoms. The Hall–Kier alpha value is 1.81. The van der Waals surface area contributed by atoms with Gasteiger partial charge in [-0.3, -0.25) is 0 Å². The third-order valence-electron chi connectivity index (χ3n) is 9.63. The maximum absolute atomic E-state index is 2.53. The van der Waals surface area contributed by atoms with Crippen LogP contribution in [0.5, 0.6) is 0 Å². The van der Waals surface area contributed by atoms with Gasteiger partial charge in [-0.05, 0) is 60.7 Å². The summed E-state index contributed by atoms with van der Waals surface area (Å²) in [5.41, 5.74) is 0. The van der Waals surface area contributed by atoms with Crippen LogP contribution in [-0.2, 0) is 0 Å². The van der Waals surface area contributed by atoms with Gasteiger partial charge >= 0.3 is 58.2 Å². The van der Waals surface area contributed by atoms with Crippen LogP contribution >= 0.6 is 0 Å². The van der Waals surface area contributed by atoms with E-state index in [1.54, 1.807) is 83.5 Å². The molecular weight excluding hydrogens is 422 g/mol. The summed E-state index contributed by atoms with van der Waals surface area (Å²) in [6.07, 6.45) is 31.8. The van der Waals surface area contributed by atoms with Crippen molar-refractivity contribution in [3.05, 3.63) is 6.42 Å². The molecule has 4 aliphatic carbocycles. The molecule has 0 aromatic heterocycles. The van der Waals surface area contributed by atoms with Gasteiger partial charge in [-0.1, -0.05) is 96.8 Å². The molecule has 0 heterocycles. The maximum atomic E-state index is 2.53. The smallest absolute Gasteiger partial charge is 0.328 e. The Bertz CT molecular complexity index is 416. The normalized spacial score (nSPS) is 39.6. The molecule has 162 valence electrons. The van der Waals surface area contributed by atoms with E-state index in [0.717, 1.165) is 41.4 Å². The first-order chi connectivity index (χ1) is 13.7. The predicted molar refractivity (Wildman–Crippen MR) is 122 cm³/mol. The third-order valence-corrected chi connectivity index (χ3v) is 9.63. The molecule has 0 aromatic carbocycles. The molecule has 0 nitrogen and oxygen atoms in total. The van der Waals surface area contributed by atoms with E-state index in [0.29, 0.717) is 0 Å². The van der Waals surface area contributed by atoms with Crippen LogP contribution in [0.25, 0.3) is 0 Å². The number of rotatable bonds is 6. The Balaban J connectivity index is 0.00000240. The van der Waals surface area contributed by atoms with Crippen LogP contribution in [0.4, 0.5) is 0 Å². The van der Waals surface area contributed by atoms with Crippen LogP contribution in [0.1, 0.15) is 129 Å². The van der Waals surface area contributed by atoms with Crippen molar-refractivity contribution >= 4 is 0 Å². The molecule has 0 amide bonds. The quantitative estimate of drug-likeness (QED) is 0.418. The Labute approximate surface area is 232 Å². The van der Waals surface area contributed by atoms with Crippen LogP contribution in [0.15, 0.2) is 0 Å². The van der Waals surface area contributed by atoms with E-state index in [4.69, 9.17) is 0 Å². The Morgan fingerprint density at radius 3 is 1.07 bits per heavy atom. The van der Waals surface area contributed by atoms with Gasteiger partial charge in [-0.15, -0.1) is 0 Å². The number of hydrogen-bond acceptors (Lipinski definition) is 0. The summed E-state index contributed by atoms with van der Waals surface area (Å²) in [6, 6.07) is 0. The van der Waals surface area contributed by atoms with E-state index in [2.05, 4.69) is 13.3 Å². The van der Waals surface area contributed by atoms with Gasteiger partial charge in [0.25, 0.3) is 0 Å². The molecule has 1 heteroatoms. The van der Waals surface area contributed by atoms with Gasteiger partial charge in [0, 0.05) is 0 Å². The van der Waals surface area contributed by atoms with Crippen molar-refractivity contribution < 1.29 is 58.2 Å². The van der Waals surface area contributed by atoms with Crippen molar-refractivity contribution in [3.8, 4) is 0 Å². The second-order valence-electron chi connectivity index (χ2n) is 11.9. The van der Waals surface area contributed by atoms with Gasteiger partial charge in [-0.2, -0.15) is 12.8 Å². The van der Waals surface area contributed by atoms with Crippen LogP contribution in [-0.4, -0.2) is 0 Å². The summed E-state index contributed by atoms with van der Waals surface area (Å²) >= 11 is 0. The molecule has 4 aliphatic rings. The fraction of sp³-hybridized carbons (Fsp3) is 0.964. The van der Waals surface area contributed by atoms with Crippen molar-refractivity contribution in [1.82, 2.24) is 0 Å². The molecule has 0 atom stereocenters. The minimum atomic E-state index is 0. The third kappa shape index (κ3) is 8.59. The zero-order valence-corrected chi connectivity index (χ0v) is 25.0. The summed E-state index contributed by atoms with van der Waals surface area (Å²) in [6.45, 7) is 2.46. The first kappa shape index (κ1) is 25.4. The first-order valence-corrected chi connectivity index (χ1v) is 13.6. The SMILES string of the molecule is CC1CCC(CC2CCC(CC3CCC(CC4CC[CH-]CC4)CC3)CC2)CC1.[Rb+]. The monoisotopic (exact) mass is 470 g/mol. The molecule has 4 rings (SSSR count). The van der Waals surface area contributed by atoms with Gasteiger partial charge in [0.15, 0.2) is 0 Å². The minimum absolute atomic E-state index is 0. The van der Waals surface area contributed by atoms with E-state index in [-0.39, 0.29) is 58.2 Å². The zero-order chi connectivity index (χ0) is 19.2. The Kier molecular flexibility index (Phi) is 11.8. The van der Waals surface area contributed by atoms with Crippen molar-refractivity contribution in [2.75, 3.05) is 0 Å². The van der Waals surface area contributed by atoms with Gasteiger partial charge in [0.1, 0.15) is 0 Å². The van der Waals surface area contributed by atoms with Gasteiger partial charge in [0.05, 0.1) is 0 Å². The molecule has 0 N–H and O–H groups in total. The van der Waals surface area contributed by atoms with Crippen molar-refractivity contribution in [2.24, 2.45) is 41.4 Å². The van der Waals surface area contributed by atoms with Crippen LogP contribution < -0.4 is 58.2 Å². The zero-order valence-electron chi connectivity index (χ0n) is 20.1. The maximum Gasteiger partial charge on any atom is 1.00 e. The number of hydrogen-bond donors (Lipinski definition) is 0. The Morgan fingerprint density at radius 2 is 0.724 bits per heavy atom. The van der Waals surface area contributed by atoms with Crippen molar-refractivity contribution in [3.63, 3.8) is 0 Å². The second-order valence-corrected chi connectivity index (χ2v) is 11.9. The van der Waals surface area contributed by atoms with Gasteiger partial charge in [-0.25, -0.2) is 0 Å². The van der Waals surface area contributed by atoms with E-state index < -0.39 is 0 Å². The molecule has 0 unspecified atom stereocenters. The summed E-state index contributed by atoms with van der Waals surface area (Å²) in [5.74, 6) is 7.56. The Morgan fingerprint density at radius 1 is 0.448 bits per heavy atom. The molecule has 4 saturated carbocycles. The minimum Gasteiger partial charge on any atom is -0.328 e. The largest absolute Gasteiger partial charge is 1.00 e. The summed E-state index contributed by atoms with van der Waals surface area (Å²) in [5, 5.41) is 0. The molecule has 0 aromatic rings. The van der Waals surface area contributed by atoms with E-state index in [1.807, 2.05) is 0 Å². The van der Waals surface area contributed by atoms with Crippen molar-refractivity contribution in [1.29, 1.82) is 0 Å². The summed E-state index contributed by atoms with van der Waals surface area (Å²) < 4.78 is 0. The average molecular weight is 471 g/mol. The summed E-state index contributed by atoms with van der Waals surface area (Å²) in [7, 11) is 0. The molecular formula is C28H49Rb. The fourth-order valence-electron chi connectivity index (χ4n) is 7.62. The molecule has 0 aliphatic heterocycles. The predicted octanol–water partition coefficient (Wildman–Crippen LogP) is 5.99. The average Bonchev–Trinajstić information content (AvgIpc) is 2.73. The van der Waals surface area contributed by atoms with Gasteiger partial charge < -0.3 is 6.42 Å². The van der Waals surface area contributed by atoms with Gasteiger partial charge in [0.2, 0.25) is 0 Å². The molecule has 0 spiro atoms. The molecule has 4 fully saturated rings. The molecule has 0 bridgehead atoms.